The van der Waals surface area contributed by atoms with Gasteiger partial charge in [-0.3, -0.25) is 18.7 Å². The number of halogens is 3. The van der Waals surface area contributed by atoms with Gasteiger partial charge in [0, 0.05) is 19.5 Å². The third-order valence-electron chi connectivity index (χ3n) is 3.89. The monoisotopic (exact) mass is 376 g/mol. The molecule has 0 amide bonds. The van der Waals surface area contributed by atoms with Crippen LogP contribution in [0.3, 0.4) is 0 Å². The van der Waals surface area contributed by atoms with Gasteiger partial charge in [-0.25, -0.2) is 9.78 Å². The third-order valence-corrected chi connectivity index (χ3v) is 3.89. The molecule has 26 heavy (non-hydrogen) atoms. The second kappa shape index (κ2) is 7.75. The summed E-state index contributed by atoms with van der Waals surface area (Å²) in [6, 6.07) is 0. The molecule has 0 unspecified atom stereocenters. The second-order valence-corrected chi connectivity index (χ2v) is 5.88. The van der Waals surface area contributed by atoms with Gasteiger partial charge < -0.3 is 10.1 Å². The highest BCUT2D eigenvalue weighted by Crippen LogP contribution is 2.27. The summed E-state index contributed by atoms with van der Waals surface area (Å²) < 4.78 is 40.7. The van der Waals surface area contributed by atoms with E-state index in [2.05, 4.69) is 4.98 Å². The van der Waals surface area contributed by atoms with Gasteiger partial charge in [0.1, 0.15) is 5.52 Å². The first-order valence-electron chi connectivity index (χ1n) is 8.19. The number of carbonyl (C=O) groups is 1. The van der Waals surface area contributed by atoms with E-state index in [9.17, 15) is 27.6 Å². The van der Waals surface area contributed by atoms with Crippen LogP contribution in [0.25, 0.3) is 11.2 Å². The fraction of sp³-hybridized carbons (Fsp3) is 0.600. The smallest absolute Gasteiger partial charge is 0.449 e. The summed E-state index contributed by atoms with van der Waals surface area (Å²) in [5, 5.41) is 8.63. The van der Waals surface area contributed by atoms with E-state index in [1.54, 1.807) is 0 Å². The third kappa shape index (κ3) is 4.14. The fourth-order valence-corrected chi connectivity index (χ4v) is 2.56. The normalized spacial score (nSPS) is 12.0. The maximum absolute atomic E-state index is 12.9. The Labute approximate surface area is 145 Å². The summed E-state index contributed by atoms with van der Waals surface area (Å²) in [6.07, 6.45) is -3.19. The van der Waals surface area contributed by atoms with Crippen LogP contribution in [0.4, 0.5) is 13.2 Å². The van der Waals surface area contributed by atoms with Crippen LogP contribution in [-0.4, -0.2) is 30.2 Å². The number of fused-ring (bicyclic) bond motifs is 1. The van der Waals surface area contributed by atoms with E-state index in [-0.39, 0.29) is 43.5 Å². The first-order valence-corrected chi connectivity index (χ1v) is 8.19. The van der Waals surface area contributed by atoms with Crippen molar-refractivity contribution in [1.29, 1.82) is 0 Å². The summed E-state index contributed by atoms with van der Waals surface area (Å²) >= 11 is 0. The Bertz CT molecular complexity index is 910. The number of aromatic nitrogens is 4. The van der Waals surface area contributed by atoms with Crippen LogP contribution in [0.2, 0.25) is 0 Å². The molecule has 0 fully saturated rings. The number of imidazole rings is 1. The molecule has 2 N–H and O–H groups in total. The molecule has 0 aliphatic carbocycles. The van der Waals surface area contributed by atoms with Crippen molar-refractivity contribution in [3.63, 3.8) is 0 Å². The van der Waals surface area contributed by atoms with Gasteiger partial charge in [-0.15, -0.1) is 0 Å². The lowest BCUT2D eigenvalue weighted by Crippen LogP contribution is -2.40. The highest BCUT2D eigenvalue weighted by atomic mass is 19.4. The number of nitrogens with zero attached hydrogens (tertiary/aromatic N) is 3. The van der Waals surface area contributed by atoms with E-state index in [4.69, 9.17) is 5.11 Å². The number of H-pyrrole nitrogens is 1. The topological polar surface area (TPSA) is 110 Å². The van der Waals surface area contributed by atoms with Gasteiger partial charge in [0.05, 0.1) is 0 Å². The van der Waals surface area contributed by atoms with Crippen LogP contribution in [0, 0.1) is 0 Å². The fourth-order valence-electron chi connectivity index (χ4n) is 2.56. The summed E-state index contributed by atoms with van der Waals surface area (Å²) in [7, 11) is 0. The number of alkyl halides is 3. The number of aryl methyl sites for hydroxylation is 1. The van der Waals surface area contributed by atoms with Crippen molar-refractivity contribution in [1.82, 2.24) is 19.1 Å². The van der Waals surface area contributed by atoms with Gasteiger partial charge in [0.25, 0.3) is 5.56 Å². The van der Waals surface area contributed by atoms with Gasteiger partial charge >= 0.3 is 17.8 Å². The quantitative estimate of drug-likeness (QED) is 0.685. The number of hydrogen-bond donors (Lipinski definition) is 2. The van der Waals surface area contributed by atoms with Crippen LogP contribution in [0.1, 0.15) is 44.9 Å². The van der Waals surface area contributed by atoms with Gasteiger partial charge in [0.2, 0.25) is 5.82 Å². The van der Waals surface area contributed by atoms with Crippen LogP contribution in [0.15, 0.2) is 9.59 Å². The Hall–Kier alpha value is -2.59. The molecule has 2 aromatic heterocycles. The average Bonchev–Trinajstić information content (AvgIpc) is 2.99. The number of carboxylic acids is 1. The second-order valence-electron chi connectivity index (χ2n) is 5.88. The van der Waals surface area contributed by atoms with Gasteiger partial charge in [-0.05, 0) is 19.3 Å². The van der Waals surface area contributed by atoms with Crippen molar-refractivity contribution in [3.8, 4) is 0 Å². The summed E-state index contributed by atoms with van der Waals surface area (Å²) in [5.41, 5.74) is -2.34. The first-order chi connectivity index (χ1) is 12.2. The molecule has 0 bridgehead atoms. The number of carboxylic acid groups (broad SMARTS) is 1. The molecule has 0 aliphatic rings. The van der Waals surface area contributed by atoms with E-state index < -0.39 is 29.2 Å². The predicted octanol–water partition coefficient (Wildman–Crippen LogP) is 1.96. The molecule has 144 valence electrons. The minimum Gasteiger partial charge on any atom is -0.481 e. The standard InChI is InChI=1S/C15H19F3N4O4/c1-2-3-7-21-11-10(19-13(20-11)15(16,17)18)12(25)22(14(21)26)8-5-4-6-9(23)24/h2-8H2,1H3,(H,19,20)(H,23,24). The van der Waals surface area contributed by atoms with Crippen molar-refractivity contribution >= 4 is 17.1 Å². The maximum Gasteiger partial charge on any atom is 0.449 e. The van der Waals surface area contributed by atoms with Crippen LogP contribution < -0.4 is 11.2 Å². The molecule has 0 spiro atoms. The van der Waals surface area contributed by atoms with Gasteiger partial charge in [-0.2, -0.15) is 13.2 Å². The highest BCUT2D eigenvalue weighted by Gasteiger charge is 2.36. The predicted molar refractivity (Wildman–Crippen MR) is 86.0 cm³/mol. The van der Waals surface area contributed by atoms with Crippen molar-refractivity contribution in [3.05, 3.63) is 26.7 Å². The van der Waals surface area contributed by atoms with E-state index in [1.165, 1.54) is 0 Å². The molecular formula is C15H19F3N4O4. The number of aromatic amines is 1. The number of hydrogen-bond acceptors (Lipinski definition) is 4. The molecular weight excluding hydrogens is 357 g/mol. The lowest BCUT2D eigenvalue weighted by molar-refractivity contribution is -0.144. The lowest BCUT2D eigenvalue weighted by atomic mass is 10.2. The molecule has 2 aromatic rings. The number of rotatable bonds is 8. The van der Waals surface area contributed by atoms with Crippen LogP contribution in [-0.2, 0) is 24.1 Å². The van der Waals surface area contributed by atoms with Crippen molar-refractivity contribution in [2.24, 2.45) is 0 Å². The van der Waals surface area contributed by atoms with Gasteiger partial charge in [0.15, 0.2) is 5.65 Å². The molecule has 0 atom stereocenters. The van der Waals surface area contributed by atoms with Crippen molar-refractivity contribution < 1.29 is 23.1 Å². The minimum atomic E-state index is -4.77. The maximum atomic E-state index is 12.9. The van der Waals surface area contributed by atoms with Crippen molar-refractivity contribution in [2.75, 3.05) is 0 Å². The number of aliphatic carboxylic acids is 1. The van der Waals surface area contributed by atoms with Crippen LogP contribution >= 0.6 is 0 Å². The number of nitrogens with one attached hydrogen (secondary N) is 1. The zero-order valence-electron chi connectivity index (χ0n) is 14.1. The lowest BCUT2D eigenvalue weighted by Gasteiger charge is -2.10. The minimum absolute atomic E-state index is 0.0760. The summed E-state index contributed by atoms with van der Waals surface area (Å²) in [6.45, 7) is 1.91. The highest BCUT2D eigenvalue weighted by molar-refractivity contribution is 5.70. The molecule has 8 nitrogen and oxygen atoms in total. The molecule has 0 saturated carbocycles. The van der Waals surface area contributed by atoms with Crippen molar-refractivity contribution in [2.45, 2.75) is 58.3 Å². The Kier molecular flexibility index (Phi) is 5.88. The molecule has 0 aromatic carbocycles. The molecule has 2 rings (SSSR count). The largest absolute Gasteiger partial charge is 0.481 e. The zero-order valence-corrected chi connectivity index (χ0v) is 14.1. The molecule has 0 radical (unpaired) electrons. The Morgan fingerprint density at radius 2 is 1.81 bits per heavy atom. The van der Waals surface area contributed by atoms with Crippen LogP contribution in [0.5, 0.6) is 0 Å². The zero-order chi connectivity index (χ0) is 19.5. The molecule has 0 aliphatic heterocycles. The van der Waals surface area contributed by atoms with E-state index in [0.717, 1.165) is 9.13 Å². The molecule has 11 heteroatoms. The van der Waals surface area contributed by atoms with Gasteiger partial charge in [-0.1, -0.05) is 13.3 Å². The SMILES string of the molecule is CCCCn1c(=O)n(CCCCC(=O)O)c(=O)c2[nH]c(C(F)(F)F)nc21. The summed E-state index contributed by atoms with van der Waals surface area (Å²) in [4.78, 5) is 40.9. The average molecular weight is 376 g/mol. The number of unbranched alkanes of at least 4 members (excludes halogenated alkanes) is 2. The molecule has 0 saturated heterocycles. The Balaban J connectivity index is 2.52. The van der Waals surface area contributed by atoms with E-state index in [0.29, 0.717) is 12.8 Å². The Morgan fingerprint density at radius 3 is 2.38 bits per heavy atom. The Morgan fingerprint density at radius 1 is 1.15 bits per heavy atom. The molecule has 2 heterocycles. The summed E-state index contributed by atoms with van der Waals surface area (Å²) in [5.74, 6) is -2.34. The van der Waals surface area contributed by atoms with E-state index >= 15 is 0 Å². The first kappa shape index (κ1) is 19.7. The van der Waals surface area contributed by atoms with E-state index in [1.807, 2.05) is 11.9 Å².